The summed E-state index contributed by atoms with van der Waals surface area (Å²) in [6, 6.07) is -0.00496. The van der Waals surface area contributed by atoms with Crippen LogP contribution < -0.4 is 22.9 Å². The first kappa shape index (κ1) is 23.7. The fourth-order valence-electron chi connectivity index (χ4n) is 2.24. The van der Waals surface area contributed by atoms with Crippen molar-refractivity contribution in [3.63, 3.8) is 0 Å². The van der Waals surface area contributed by atoms with Gasteiger partial charge in [0.05, 0.1) is 39.6 Å². The summed E-state index contributed by atoms with van der Waals surface area (Å²) in [6.07, 6.45) is 1.59. The van der Waals surface area contributed by atoms with E-state index in [1.165, 1.54) is 0 Å². The van der Waals surface area contributed by atoms with Crippen LogP contribution in [0.5, 0.6) is 0 Å². The van der Waals surface area contributed by atoms with Crippen LogP contribution in [0.2, 0.25) is 0 Å². The van der Waals surface area contributed by atoms with Crippen LogP contribution in [-0.2, 0) is 18.9 Å². The van der Waals surface area contributed by atoms with Gasteiger partial charge >= 0.3 is 0 Å². The molecule has 0 spiro atoms. The highest BCUT2D eigenvalue weighted by Gasteiger charge is 2.31. The van der Waals surface area contributed by atoms with Crippen LogP contribution in [0.1, 0.15) is 19.8 Å². The van der Waals surface area contributed by atoms with Gasteiger partial charge in [-0.15, -0.1) is 0 Å². The lowest BCUT2D eigenvalue weighted by Gasteiger charge is -2.33. The van der Waals surface area contributed by atoms with Gasteiger partial charge in [0.15, 0.2) is 0 Å². The molecule has 0 saturated heterocycles. The molecule has 0 rings (SSSR count). The predicted octanol–water partition coefficient (Wildman–Crippen LogP) is -0.957. The molecule has 0 bridgehead atoms. The molecule has 0 aromatic heterocycles. The molecule has 146 valence electrons. The third-order valence-electron chi connectivity index (χ3n) is 3.54. The van der Waals surface area contributed by atoms with E-state index in [0.717, 1.165) is 12.8 Å². The predicted molar refractivity (Wildman–Crippen MR) is 95.8 cm³/mol. The van der Waals surface area contributed by atoms with Crippen LogP contribution in [0.15, 0.2) is 0 Å². The molecule has 0 amide bonds. The highest BCUT2D eigenvalue weighted by molar-refractivity contribution is 4.80. The summed E-state index contributed by atoms with van der Waals surface area (Å²) < 4.78 is 22.6. The van der Waals surface area contributed by atoms with Gasteiger partial charge in [-0.3, -0.25) is 0 Å². The van der Waals surface area contributed by atoms with Crippen LogP contribution in [0.4, 0.5) is 0 Å². The smallest absolute Gasteiger partial charge is 0.0615 e. The Bertz CT molecular complexity index is 258. The number of hydrogen-bond acceptors (Lipinski definition) is 8. The maximum absolute atomic E-state index is 5.81. The van der Waals surface area contributed by atoms with E-state index in [1.54, 1.807) is 0 Å². The number of hydrogen-bond donors (Lipinski definition) is 4. The van der Waals surface area contributed by atoms with Gasteiger partial charge in [-0.2, -0.15) is 0 Å². The van der Waals surface area contributed by atoms with E-state index >= 15 is 0 Å². The zero-order valence-corrected chi connectivity index (χ0v) is 15.2. The molecule has 8 nitrogen and oxygen atoms in total. The summed E-state index contributed by atoms with van der Waals surface area (Å²) in [7, 11) is 0. The Labute approximate surface area is 146 Å². The second-order valence-corrected chi connectivity index (χ2v) is 6.14. The average molecular weight is 351 g/mol. The first-order chi connectivity index (χ1) is 11.6. The van der Waals surface area contributed by atoms with Crippen molar-refractivity contribution in [3.8, 4) is 0 Å². The lowest BCUT2D eigenvalue weighted by molar-refractivity contribution is -0.0563. The van der Waals surface area contributed by atoms with Crippen LogP contribution in [0.25, 0.3) is 0 Å². The Kier molecular flexibility index (Phi) is 15.9. The standard InChI is InChI=1S/C16H38N4O4/c1-15(20)12-24-14-16(13-23-11-6-19,2-7-21-9-4-17)3-8-22-10-5-18/h15H,2-14,17-20H2,1H3. The summed E-state index contributed by atoms with van der Waals surface area (Å²) in [4.78, 5) is 0. The van der Waals surface area contributed by atoms with Crippen LogP contribution in [-0.4, -0.2) is 78.5 Å². The van der Waals surface area contributed by atoms with Crippen LogP contribution >= 0.6 is 0 Å². The van der Waals surface area contributed by atoms with Crippen molar-refractivity contribution in [2.45, 2.75) is 25.8 Å². The molecule has 0 heterocycles. The minimum Gasteiger partial charge on any atom is -0.380 e. The van der Waals surface area contributed by atoms with Crippen molar-refractivity contribution in [3.05, 3.63) is 0 Å². The van der Waals surface area contributed by atoms with E-state index in [9.17, 15) is 0 Å². The van der Waals surface area contributed by atoms with Crippen LogP contribution in [0.3, 0.4) is 0 Å². The molecule has 0 aliphatic rings. The molecular formula is C16H38N4O4. The molecule has 0 aromatic rings. The van der Waals surface area contributed by atoms with Gasteiger partial charge in [0.2, 0.25) is 0 Å². The summed E-state index contributed by atoms with van der Waals surface area (Å²) in [5, 5.41) is 0. The van der Waals surface area contributed by atoms with Gasteiger partial charge in [0.25, 0.3) is 0 Å². The Hall–Kier alpha value is -0.320. The first-order valence-electron chi connectivity index (χ1n) is 8.77. The van der Waals surface area contributed by atoms with E-state index in [2.05, 4.69) is 0 Å². The zero-order chi connectivity index (χ0) is 18.1. The van der Waals surface area contributed by atoms with Gasteiger partial charge in [-0.05, 0) is 19.8 Å². The van der Waals surface area contributed by atoms with Gasteiger partial charge in [-0.25, -0.2) is 0 Å². The molecule has 0 aliphatic carbocycles. The summed E-state index contributed by atoms with van der Waals surface area (Å²) in [5.74, 6) is 0. The largest absolute Gasteiger partial charge is 0.380 e. The Morgan fingerprint density at radius 3 is 1.62 bits per heavy atom. The Morgan fingerprint density at radius 1 is 0.708 bits per heavy atom. The molecule has 0 radical (unpaired) electrons. The van der Waals surface area contributed by atoms with E-state index in [1.807, 2.05) is 6.92 Å². The highest BCUT2D eigenvalue weighted by atomic mass is 16.5. The monoisotopic (exact) mass is 350 g/mol. The lowest BCUT2D eigenvalue weighted by Crippen LogP contribution is -2.37. The third kappa shape index (κ3) is 13.0. The Balaban J connectivity index is 4.64. The highest BCUT2D eigenvalue weighted by Crippen LogP contribution is 2.28. The lowest BCUT2D eigenvalue weighted by atomic mass is 9.83. The normalized spacial score (nSPS) is 13.4. The van der Waals surface area contributed by atoms with E-state index in [4.69, 9.17) is 41.9 Å². The van der Waals surface area contributed by atoms with Crippen molar-refractivity contribution in [1.82, 2.24) is 0 Å². The van der Waals surface area contributed by atoms with Crippen molar-refractivity contribution in [2.24, 2.45) is 28.3 Å². The van der Waals surface area contributed by atoms with Crippen LogP contribution in [0, 0.1) is 5.41 Å². The molecule has 8 N–H and O–H groups in total. The molecule has 0 fully saturated rings. The summed E-state index contributed by atoms with van der Waals surface area (Å²) in [6.45, 7) is 7.82. The summed E-state index contributed by atoms with van der Waals surface area (Å²) in [5.41, 5.74) is 22.0. The quantitative estimate of drug-likeness (QED) is 0.232. The van der Waals surface area contributed by atoms with E-state index in [0.29, 0.717) is 72.5 Å². The third-order valence-corrected chi connectivity index (χ3v) is 3.54. The number of ether oxygens (including phenoxy) is 4. The van der Waals surface area contributed by atoms with Crippen molar-refractivity contribution in [1.29, 1.82) is 0 Å². The molecular weight excluding hydrogens is 312 g/mol. The first-order valence-corrected chi connectivity index (χ1v) is 8.77. The van der Waals surface area contributed by atoms with Gasteiger partial charge < -0.3 is 41.9 Å². The fraction of sp³-hybridized carbons (Fsp3) is 1.00. The SMILES string of the molecule is CC(N)COCC(CCOCCN)(CCOCCN)COCCN. The van der Waals surface area contributed by atoms with Gasteiger partial charge in [0.1, 0.15) is 0 Å². The second kappa shape index (κ2) is 16.2. The van der Waals surface area contributed by atoms with Crippen molar-refractivity contribution in [2.75, 3.05) is 72.5 Å². The summed E-state index contributed by atoms with van der Waals surface area (Å²) >= 11 is 0. The zero-order valence-electron chi connectivity index (χ0n) is 15.2. The molecule has 8 heteroatoms. The molecule has 1 unspecified atom stereocenters. The fourth-order valence-corrected chi connectivity index (χ4v) is 2.24. The Morgan fingerprint density at radius 2 is 1.17 bits per heavy atom. The van der Waals surface area contributed by atoms with Crippen molar-refractivity contribution < 1.29 is 18.9 Å². The maximum atomic E-state index is 5.81. The van der Waals surface area contributed by atoms with Gasteiger partial charge in [-0.1, -0.05) is 0 Å². The second-order valence-electron chi connectivity index (χ2n) is 6.14. The van der Waals surface area contributed by atoms with Gasteiger partial charge in [0, 0.05) is 44.3 Å². The van der Waals surface area contributed by atoms with E-state index < -0.39 is 0 Å². The molecule has 0 aliphatic heterocycles. The number of rotatable bonds is 18. The maximum Gasteiger partial charge on any atom is 0.0615 e. The van der Waals surface area contributed by atoms with E-state index in [-0.39, 0.29) is 11.5 Å². The molecule has 1 atom stereocenters. The minimum atomic E-state index is -0.201. The molecule has 0 saturated carbocycles. The molecule has 24 heavy (non-hydrogen) atoms. The van der Waals surface area contributed by atoms with Crippen molar-refractivity contribution >= 4 is 0 Å². The number of nitrogens with two attached hydrogens (primary N) is 4. The minimum absolute atomic E-state index is 0.00496. The average Bonchev–Trinajstić information content (AvgIpc) is 2.55. The molecule has 0 aromatic carbocycles. The topological polar surface area (TPSA) is 141 Å².